The molecule has 0 saturated heterocycles. The van der Waals surface area contributed by atoms with Crippen molar-refractivity contribution in [1.29, 1.82) is 0 Å². The highest BCUT2D eigenvalue weighted by Crippen LogP contribution is 2.34. The Morgan fingerprint density at radius 3 is 2.59 bits per heavy atom. The fourth-order valence-corrected chi connectivity index (χ4v) is 2.84. The van der Waals surface area contributed by atoms with Crippen molar-refractivity contribution in [1.82, 2.24) is 10.2 Å². The molecular formula is C20H18N4O3. The summed E-state index contributed by atoms with van der Waals surface area (Å²) >= 11 is 0. The zero-order chi connectivity index (χ0) is 18.6. The largest absolute Gasteiger partial charge is 0.454 e. The van der Waals surface area contributed by atoms with Crippen LogP contribution >= 0.6 is 0 Å². The maximum Gasteiger partial charge on any atom is 0.276 e. The first-order valence-corrected chi connectivity index (χ1v) is 8.62. The van der Waals surface area contributed by atoms with Crippen molar-refractivity contribution in [2.75, 3.05) is 23.6 Å². The number of aromatic nitrogens is 2. The van der Waals surface area contributed by atoms with Gasteiger partial charge in [0.1, 0.15) is 0 Å². The van der Waals surface area contributed by atoms with Gasteiger partial charge in [-0.25, -0.2) is 0 Å². The molecule has 0 bridgehead atoms. The van der Waals surface area contributed by atoms with Gasteiger partial charge in [-0.05, 0) is 43.3 Å². The summed E-state index contributed by atoms with van der Waals surface area (Å²) in [6, 6.07) is 18.6. The minimum absolute atomic E-state index is 0.189. The van der Waals surface area contributed by atoms with Crippen molar-refractivity contribution < 1.29 is 14.3 Å². The molecule has 0 radical (unpaired) electrons. The SMILES string of the molecule is CCN(c1ccccc1)c1ccc(C(=O)Nc2ccc3c(c2)OCO3)nn1. The average molecular weight is 362 g/mol. The zero-order valence-corrected chi connectivity index (χ0v) is 14.8. The van der Waals surface area contributed by atoms with E-state index in [1.165, 1.54) is 0 Å². The molecule has 1 aliphatic rings. The number of amides is 1. The summed E-state index contributed by atoms with van der Waals surface area (Å²) in [7, 11) is 0. The number of anilines is 3. The molecule has 2 heterocycles. The van der Waals surface area contributed by atoms with E-state index in [0.717, 1.165) is 12.2 Å². The number of ether oxygens (including phenoxy) is 2. The lowest BCUT2D eigenvalue weighted by Crippen LogP contribution is -2.19. The minimum Gasteiger partial charge on any atom is -0.454 e. The molecule has 0 spiro atoms. The fourth-order valence-electron chi connectivity index (χ4n) is 2.84. The fraction of sp³-hybridized carbons (Fsp3) is 0.150. The maximum absolute atomic E-state index is 12.4. The van der Waals surface area contributed by atoms with Crippen molar-refractivity contribution in [2.45, 2.75) is 6.92 Å². The lowest BCUT2D eigenvalue weighted by molar-refractivity contribution is 0.102. The molecule has 7 nitrogen and oxygen atoms in total. The van der Waals surface area contributed by atoms with Crippen LogP contribution in [0.1, 0.15) is 17.4 Å². The Morgan fingerprint density at radius 2 is 1.85 bits per heavy atom. The van der Waals surface area contributed by atoms with Crippen LogP contribution in [-0.2, 0) is 0 Å². The van der Waals surface area contributed by atoms with Gasteiger partial charge in [0.05, 0.1) is 0 Å². The Labute approximate surface area is 156 Å². The van der Waals surface area contributed by atoms with Gasteiger partial charge < -0.3 is 19.7 Å². The van der Waals surface area contributed by atoms with Crippen molar-refractivity contribution in [3.63, 3.8) is 0 Å². The molecule has 1 aliphatic heterocycles. The number of para-hydroxylation sites is 1. The number of rotatable bonds is 5. The second-order valence-corrected chi connectivity index (χ2v) is 5.88. The number of carbonyl (C=O) groups is 1. The number of fused-ring (bicyclic) bond motifs is 1. The van der Waals surface area contributed by atoms with E-state index in [2.05, 4.69) is 15.5 Å². The Morgan fingerprint density at radius 1 is 1.04 bits per heavy atom. The Kier molecular flexibility index (Phi) is 4.57. The molecule has 1 N–H and O–H groups in total. The Bertz CT molecular complexity index is 945. The van der Waals surface area contributed by atoms with Gasteiger partial charge in [0.15, 0.2) is 23.0 Å². The molecule has 3 aromatic rings. The van der Waals surface area contributed by atoms with E-state index in [0.29, 0.717) is 23.0 Å². The van der Waals surface area contributed by atoms with Crippen LogP contribution in [0.15, 0.2) is 60.7 Å². The van der Waals surface area contributed by atoms with Crippen molar-refractivity contribution in [3.05, 3.63) is 66.4 Å². The molecular weight excluding hydrogens is 344 g/mol. The van der Waals surface area contributed by atoms with Crippen LogP contribution < -0.4 is 19.7 Å². The van der Waals surface area contributed by atoms with E-state index < -0.39 is 0 Å². The van der Waals surface area contributed by atoms with E-state index in [9.17, 15) is 4.79 Å². The summed E-state index contributed by atoms with van der Waals surface area (Å²) < 4.78 is 10.6. The smallest absolute Gasteiger partial charge is 0.276 e. The molecule has 0 atom stereocenters. The first-order valence-electron chi connectivity index (χ1n) is 8.62. The normalized spacial score (nSPS) is 11.9. The van der Waals surface area contributed by atoms with Gasteiger partial charge in [0.25, 0.3) is 5.91 Å². The summed E-state index contributed by atoms with van der Waals surface area (Å²) in [5.41, 5.74) is 1.86. The van der Waals surface area contributed by atoms with Gasteiger partial charge in [0.2, 0.25) is 6.79 Å². The van der Waals surface area contributed by atoms with Crippen molar-refractivity contribution >= 4 is 23.1 Å². The van der Waals surface area contributed by atoms with Crippen LogP contribution in [0.3, 0.4) is 0 Å². The maximum atomic E-state index is 12.4. The van der Waals surface area contributed by atoms with Gasteiger partial charge in [-0.15, -0.1) is 10.2 Å². The number of benzene rings is 2. The van der Waals surface area contributed by atoms with E-state index in [1.807, 2.05) is 42.2 Å². The number of nitrogens with zero attached hydrogens (tertiary/aromatic N) is 3. The molecule has 1 amide bonds. The number of carbonyl (C=O) groups excluding carboxylic acids is 1. The molecule has 27 heavy (non-hydrogen) atoms. The predicted molar refractivity (Wildman–Crippen MR) is 102 cm³/mol. The van der Waals surface area contributed by atoms with Crippen molar-refractivity contribution in [3.8, 4) is 11.5 Å². The summed E-state index contributed by atoms with van der Waals surface area (Å²) in [4.78, 5) is 14.5. The number of nitrogens with one attached hydrogen (secondary N) is 1. The Hall–Kier alpha value is -3.61. The van der Waals surface area contributed by atoms with Crippen LogP contribution in [-0.4, -0.2) is 29.4 Å². The van der Waals surface area contributed by atoms with Crippen LogP contribution in [0.5, 0.6) is 11.5 Å². The predicted octanol–water partition coefficient (Wildman–Crippen LogP) is 3.62. The van der Waals surface area contributed by atoms with Crippen LogP contribution in [0.4, 0.5) is 17.2 Å². The molecule has 0 aliphatic carbocycles. The second kappa shape index (κ2) is 7.33. The van der Waals surface area contributed by atoms with Gasteiger partial charge in [0, 0.05) is 24.0 Å². The van der Waals surface area contributed by atoms with Gasteiger partial charge >= 0.3 is 0 Å². The summed E-state index contributed by atoms with van der Waals surface area (Å²) in [6.07, 6.45) is 0. The molecule has 1 aromatic heterocycles. The van der Waals surface area contributed by atoms with E-state index in [-0.39, 0.29) is 18.4 Å². The average Bonchev–Trinajstić information content (AvgIpc) is 3.18. The summed E-state index contributed by atoms with van der Waals surface area (Å²) in [5, 5.41) is 11.1. The van der Waals surface area contributed by atoms with Gasteiger partial charge in [-0.2, -0.15) is 0 Å². The summed E-state index contributed by atoms with van der Waals surface area (Å²) in [6.45, 7) is 2.96. The molecule has 4 rings (SSSR count). The summed E-state index contributed by atoms with van der Waals surface area (Å²) in [5.74, 6) is 1.62. The lowest BCUT2D eigenvalue weighted by Gasteiger charge is -2.21. The highest BCUT2D eigenvalue weighted by atomic mass is 16.7. The van der Waals surface area contributed by atoms with Crippen molar-refractivity contribution in [2.24, 2.45) is 0 Å². The second-order valence-electron chi connectivity index (χ2n) is 5.88. The van der Waals surface area contributed by atoms with Gasteiger partial charge in [-0.3, -0.25) is 4.79 Å². The molecule has 7 heteroatoms. The Balaban J connectivity index is 1.49. The molecule has 0 saturated carbocycles. The quantitative estimate of drug-likeness (QED) is 0.747. The topological polar surface area (TPSA) is 76.6 Å². The van der Waals surface area contributed by atoms with E-state index in [4.69, 9.17) is 9.47 Å². The first kappa shape index (κ1) is 16.8. The standard InChI is InChI=1S/C20H18N4O3/c1-2-24(15-6-4-3-5-7-15)19-11-9-16(22-23-19)20(25)21-14-8-10-17-18(12-14)27-13-26-17/h3-12H,2,13H2,1H3,(H,21,25). The number of hydrogen-bond donors (Lipinski definition) is 1. The molecule has 0 unspecified atom stereocenters. The first-order chi connectivity index (χ1) is 13.2. The van der Waals surface area contributed by atoms with E-state index >= 15 is 0 Å². The van der Waals surface area contributed by atoms with Gasteiger partial charge in [-0.1, -0.05) is 18.2 Å². The molecule has 0 fully saturated rings. The molecule has 136 valence electrons. The minimum atomic E-state index is -0.337. The van der Waals surface area contributed by atoms with Crippen LogP contribution in [0, 0.1) is 0 Å². The van der Waals surface area contributed by atoms with Crippen LogP contribution in [0.2, 0.25) is 0 Å². The third-order valence-electron chi connectivity index (χ3n) is 4.17. The number of hydrogen-bond acceptors (Lipinski definition) is 6. The molecule has 2 aromatic carbocycles. The highest BCUT2D eigenvalue weighted by Gasteiger charge is 2.16. The van der Waals surface area contributed by atoms with E-state index in [1.54, 1.807) is 30.3 Å². The monoisotopic (exact) mass is 362 g/mol. The third-order valence-corrected chi connectivity index (χ3v) is 4.17. The zero-order valence-electron chi connectivity index (χ0n) is 14.8. The highest BCUT2D eigenvalue weighted by molar-refractivity contribution is 6.03. The van der Waals surface area contributed by atoms with Crippen LogP contribution in [0.25, 0.3) is 0 Å². The lowest BCUT2D eigenvalue weighted by atomic mass is 10.2. The third kappa shape index (κ3) is 3.52.